The molecule has 2 amide bonds. The first-order valence-electron chi connectivity index (χ1n) is 13.1. The van der Waals surface area contributed by atoms with Gasteiger partial charge in [0.2, 0.25) is 0 Å². The third-order valence-electron chi connectivity index (χ3n) is 5.70. The number of hydrogen-bond acceptors (Lipinski definition) is 13. The highest BCUT2D eigenvalue weighted by Gasteiger charge is 2.45. The molecule has 4 N–H and O–H groups in total. The second-order valence-electron chi connectivity index (χ2n) is 8.77. The number of halogens is 2. The van der Waals surface area contributed by atoms with Crippen molar-refractivity contribution in [2.45, 2.75) is 5.88 Å². The van der Waals surface area contributed by atoms with Gasteiger partial charge < -0.3 is 9.47 Å². The molecule has 0 saturated carbocycles. The molecule has 12 nitrogen and oxygen atoms in total. The minimum absolute atomic E-state index is 0.205. The number of aromatic amines is 2. The normalized spacial score (nSPS) is 17.9. The Morgan fingerprint density at radius 2 is 1.36 bits per heavy atom. The van der Waals surface area contributed by atoms with E-state index in [-0.39, 0.29) is 11.6 Å². The summed E-state index contributed by atoms with van der Waals surface area (Å²) in [5.41, 5.74) is 5.38. The van der Waals surface area contributed by atoms with Gasteiger partial charge >= 0.3 is 0 Å². The summed E-state index contributed by atoms with van der Waals surface area (Å²) < 4.78 is 7.10. The van der Waals surface area contributed by atoms with E-state index in [2.05, 4.69) is 65.7 Å². The van der Waals surface area contributed by atoms with Crippen molar-refractivity contribution in [3.63, 3.8) is 0 Å². The Bertz CT molecular complexity index is 1770. The van der Waals surface area contributed by atoms with Crippen LogP contribution in [0.4, 0.5) is 0 Å². The molecule has 3 aromatic heterocycles. The van der Waals surface area contributed by atoms with Crippen LogP contribution >= 0.6 is 65.4 Å². The van der Waals surface area contributed by atoms with Crippen molar-refractivity contribution in [3.8, 4) is 22.2 Å². The van der Waals surface area contributed by atoms with Crippen molar-refractivity contribution in [2.75, 3.05) is 20.1 Å². The highest BCUT2D eigenvalue weighted by atomic mass is 35.5. The lowest BCUT2D eigenvalue weighted by molar-refractivity contribution is -0.119. The van der Waals surface area contributed by atoms with Crippen molar-refractivity contribution < 1.29 is 19.1 Å². The van der Waals surface area contributed by atoms with Crippen LogP contribution in [0.2, 0.25) is 0 Å². The molecule has 47 heavy (non-hydrogen) atoms. The maximum Gasteiger partial charge on any atom is 0.287 e. The summed E-state index contributed by atoms with van der Waals surface area (Å²) in [5.74, 6) is 0.964. The van der Waals surface area contributed by atoms with E-state index < -0.39 is 20.7 Å². The predicted octanol–water partition coefficient (Wildman–Crippen LogP) is 5.83. The van der Waals surface area contributed by atoms with E-state index in [0.717, 1.165) is 27.2 Å². The van der Waals surface area contributed by atoms with E-state index in [1.807, 2.05) is 52.3 Å². The number of ether oxygens (including phenoxy) is 2. The monoisotopic (exact) mass is 806 g/mol. The lowest BCUT2D eigenvalue weighted by atomic mass is 10.3. The Morgan fingerprint density at radius 1 is 0.809 bits per heavy atom. The van der Waals surface area contributed by atoms with Gasteiger partial charge in [-0.3, -0.25) is 30.6 Å². The second-order valence-corrected chi connectivity index (χ2v) is 31.6. The molecule has 0 radical (unpaired) electrons. The van der Waals surface area contributed by atoms with E-state index in [0.29, 0.717) is 5.88 Å². The van der Waals surface area contributed by atoms with Crippen LogP contribution in [0, 0.1) is 0 Å². The van der Waals surface area contributed by atoms with E-state index >= 15 is 0 Å². The highest BCUT2D eigenvalue weighted by molar-refractivity contribution is 9.48. The highest BCUT2D eigenvalue weighted by Crippen LogP contribution is 3.04. The third kappa shape index (κ3) is 10.3. The molecule has 1 fully saturated rings. The summed E-state index contributed by atoms with van der Waals surface area (Å²) in [6, 6.07) is 19.5. The molecular weight excluding hydrogens is 782 g/mol. The van der Waals surface area contributed by atoms with Gasteiger partial charge in [0.25, 0.3) is 11.8 Å². The maximum atomic E-state index is 11.1. The van der Waals surface area contributed by atoms with Crippen molar-refractivity contribution >= 4 is 111 Å². The topological polar surface area (TPSA) is 160 Å². The van der Waals surface area contributed by atoms with Gasteiger partial charge in [0.1, 0.15) is 28.1 Å². The molecule has 2 aromatic carbocycles. The molecule has 0 bridgehead atoms. The Kier molecular flexibility index (Phi) is 14.1. The number of rotatable bonds is 8. The number of benzene rings is 2. The average Bonchev–Trinajstić information content (AvgIpc) is 3.90. The quantitative estimate of drug-likeness (QED) is 0.0846. The molecule has 0 unspecified atom stereocenters. The Hall–Kier alpha value is -2.46. The number of aromatic nitrogens is 6. The molecule has 4 heterocycles. The number of nitrogens with one attached hydrogen (secondary N) is 4. The van der Waals surface area contributed by atoms with Gasteiger partial charge in [-0.25, -0.2) is 0 Å². The lowest BCUT2D eigenvalue weighted by Crippen LogP contribution is -2.42. The SMILES string of the molecule is COc1ccc(P2(=S)SP(=S)(c3ccc(OC)cc3)S2)cc1.ClCc1nnc(-c2ccn[nH]2)s1.O=C(CCl)NNC(=O)c1ccn[nH]1. The van der Waals surface area contributed by atoms with Crippen molar-refractivity contribution in [3.05, 3.63) is 83.8 Å². The molecule has 6 rings (SSSR count). The summed E-state index contributed by atoms with van der Waals surface area (Å²) in [5, 5.41) is 24.5. The average molecular weight is 808 g/mol. The number of H-pyrrole nitrogens is 2. The molecule has 248 valence electrons. The number of carbonyl (C=O) groups excluding carboxylic acids is 2. The number of alkyl halides is 2. The minimum Gasteiger partial charge on any atom is -0.497 e. The fraction of sp³-hybridized carbons (Fsp3) is 0.154. The van der Waals surface area contributed by atoms with Gasteiger partial charge in [-0.1, -0.05) is 57.0 Å². The first-order valence-corrected chi connectivity index (χ1v) is 24.6. The fourth-order valence-electron chi connectivity index (χ4n) is 3.41. The summed E-state index contributed by atoms with van der Waals surface area (Å²) in [4.78, 5) is 21.7. The second kappa shape index (κ2) is 17.8. The zero-order valence-corrected chi connectivity index (χ0v) is 31.8. The zero-order valence-electron chi connectivity index (χ0n) is 24.5. The summed E-state index contributed by atoms with van der Waals surface area (Å²) in [6.45, 7) is 0. The molecular formula is C26H26Cl2N8O4P2S5. The molecule has 0 atom stereocenters. The van der Waals surface area contributed by atoms with Gasteiger partial charge in [-0.2, -0.15) is 10.2 Å². The van der Waals surface area contributed by atoms with Crippen molar-refractivity contribution in [2.24, 2.45) is 0 Å². The Labute approximate surface area is 301 Å². The van der Waals surface area contributed by atoms with Crippen molar-refractivity contribution in [1.82, 2.24) is 41.4 Å². The van der Waals surface area contributed by atoms with Crippen LogP contribution in [-0.4, -0.2) is 62.5 Å². The minimum atomic E-state index is -1.66. The number of hydrazine groups is 1. The number of nitrogens with zero attached hydrogens (tertiary/aromatic N) is 4. The summed E-state index contributed by atoms with van der Waals surface area (Å²) in [6.07, 6.45) is 3.11. The molecule has 1 saturated heterocycles. The number of methoxy groups -OCH3 is 2. The van der Waals surface area contributed by atoms with Crippen LogP contribution in [0.1, 0.15) is 15.5 Å². The summed E-state index contributed by atoms with van der Waals surface area (Å²) >= 11 is 27.7. The molecule has 1 aliphatic heterocycles. The van der Waals surface area contributed by atoms with Crippen LogP contribution in [0.3, 0.4) is 0 Å². The fourth-order valence-corrected chi connectivity index (χ4v) is 46.6. The molecule has 1 aliphatic rings. The number of hydrogen-bond donors (Lipinski definition) is 4. The van der Waals surface area contributed by atoms with E-state index in [1.54, 1.807) is 20.4 Å². The standard InChI is InChI=1S/C14H14O2P2S4.C6H7ClN4O2.C6H5ClN4S/c1-15-11-3-7-13(8-4-11)17(19)21-18(20,22-17)14-9-5-12(16-2)6-10-14;7-3-5(12)10-11-6(13)4-1-2-8-9-4;7-3-5-10-11-6(12-5)4-1-2-8-9-4/h3-10H,1-2H3;1-2H,3H2,(H,8,9)(H,10,12)(H,11,13);1-2H,3H2,(H,8,9). The van der Waals surface area contributed by atoms with Crippen LogP contribution in [0.25, 0.3) is 10.7 Å². The predicted molar refractivity (Wildman–Crippen MR) is 201 cm³/mol. The first-order chi connectivity index (χ1) is 22.6. The molecule has 21 heteroatoms. The Balaban J connectivity index is 0.000000171. The van der Waals surface area contributed by atoms with Crippen LogP contribution < -0.4 is 30.9 Å². The van der Waals surface area contributed by atoms with E-state index in [9.17, 15) is 9.59 Å². The van der Waals surface area contributed by atoms with Crippen LogP contribution in [0.5, 0.6) is 11.5 Å². The van der Waals surface area contributed by atoms with E-state index in [4.69, 9.17) is 56.3 Å². The number of amides is 2. The molecule has 0 spiro atoms. The number of carbonyl (C=O) groups is 2. The van der Waals surface area contributed by atoms with Gasteiger partial charge in [0.05, 0.1) is 34.7 Å². The van der Waals surface area contributed by atoms with Crippen LogP contribution in [-0.2, 0) is 34.3 Å². The smallest absolute Gasteiger partial charge is 0.287 e. The largest absolute Gasteiger partial charge is 0.497 e. The van der Waals surface area contributed by atoms with Crippen LogP contribution in [0.15, 0.2) is 73.1 Å². The zero-order chi connectivity index (χ0) is 33.9. The molecule has 0 aliphatic carbocycles. The van der Waals surface area contributed by atoms with Gasteiger partial charge in [-0.05, 0) is 60.7 Å². The Morgan fingerprint density at radius 3 is 1.79 bits per heavy atom. The maximum absolute atomic E-state index is 11.1. The lowest BCUT2D eigenvalue weighted by Gasteiger charge is -2.40. The van der Waals surface area contributed by atoms with Gasteiger partial charge in [-0.15, -0.1) is 33.4 Å². The van der Waals surface area contributed by atoms with Crippen molar-refractivity contribution in [1.29, 1.82) is 0 Å². The van der Waals surface area contributed by atoms with E-state index in [1.165, 1.54) is 34.2 Å². The third-order valence-corrected chi connectivity index (χ3v) is 38.5. The summed E-state index contributed by atoms with van der Waals surface area (Å²) in [7, 11) is 3.34. The van der Waals surface area contributed by atoms with Gasteiger partial charge in [0.15, 0.2) is 5.01 Å². The molecule has 5 aromatic rings. The van der Waals surface area contributed by atoms with Gasteiger partial charge in [0, 0.05) is 23.0 Å². The first kappa shape index (κ1) is 37.4.